The van der Waals surface area contributed by atoms with Crippen LogP contribution < -0.4 is 16.4 Å². The summed E-state index contributed by atoms with van der Waals surface area (Å²) in [5, 5.41) is 19.9. The van der Waals surface area contributed by atoms with Crippen LogP contribution in [-0.2, 0) is 4.79 Å². The van der Waals surface area contributed by atoms with Crippen molar-refractivity contribution in [2.45, 2.75) is 32.9 Å². The molecule has 0 fully saturated rings. The van der Waals surface area contributed by atoms with E-state index in [-0.39, 0.29) is 30.9 Å². The quantitative estimate of drug-likeness (QED) is 0.431. The topological polar surface area (TPSA) is 152 Å². The Hall–Kier alpha value is -3.37. The van der Waals surface area contributed by atoms with E-state index in [9.17, 15) is 9.90 Å². The monoisotopic (exact) mass is 411 g/mol. The van der Waals surface area contributed by atoms with E-state index in [1.807, 2.05) is 20.8 Å². The Morgan fingerprint density at radius 1 is 1.20 bits per heavy atom. The molecule has 2 heterocycles. The van der Waals surface area contributed by atoms with Crippen molar-refractivity contribution in [3.8, 4) is 23.0 Å². The molecule has 10 heteroatoms. The molecule has 3 aromatic rings. The summed E-state index contributed by atoms with van der Waals surface area (Å²) in [6.07, 6.45) is -0.841. The lowest BCUT2D eigenvalue weighted by Gasteiger charge is -2.12. The lowest BCUT2D eigenvalue weighted by Crippen LogP contribution is -2.33. The fourth-order valence-electron chi connectivity index (χ4n) is 2.70. The van der Waals surface area contributed by atoms with Crippen LogP contribution >= 0.6 is 0 Å². The van der Waals surface area contributed by atoms with Crippen molar-refractivity contribution >= 4 is 11.9 Å². The number of nitrogens with two attached hydrogens (primary N) is 1. The first kappa shape index (κ1) is 21.3. The summed E-state index contributed by atoms with van der Waals surface area (Å²) < 4.78 is 5.39. The highest BCUT2D eigenvalue weighted by Gasteiger charge is 2.15. The van der Waals surface area contributed by atoms with Crippen LogP contribution in [0.25, 0.3) is 23.0 Å². The van der Waals surface area contributed by atoms with Gasteiger partial charge in [-0.25, -0.2) is 9.97 Å². The Balaban J connectivity index is 1.75. The summed E-state index contributed by atoms with van der Waals surface area (Å²) in [5.74, 6) is 0.865. The van der Waals surface area contributed by atoms with Gasteiger partial charge in [0.05, 0.1) is 12.6 Å². The first-order valence-electron chi connectivity index (χ1n) is 9.57. The Bertz CT molecular complexity index is 1000. The van der Waals surface area contributed by atoms with Crippen molar-refractivity contribution in [3.63, 3.8) is 0 Å². The minimum atomic E-state index is -0.841. The predicted molar refractivity (Wildman–Crippen MR) is 111 cm³/mol. The first-order chi connectivity index (χ1) is 14.4. The average molecular weight is 411 g/mol. The molecule has 3 rings (SSSR count). The maximum Gasteiger partial charge on any atom is 0.277 e. The van der Waals surface area contributed by atoms with Crippen molar-refractivity contribution in [1.82, 2.24) is 25.4 Å². The van der Waals surface area contributed by atoms with E-state index in [0.29, 0.717) is 23.0 Å². The van der Waals surface area contributed by atoms with Crippen LogP contribution in [0.1, 0.15) is 31.2 Å². The summed E-state index contributed by atoms with van der Waals surface area (Å²) in [6, 6.07) is 8.99. The summed E-state index contributed by atoms with van der Waals surface area (Å²) in [5.41, 5.74) is 7.92. The van der Waals surface area contributed by atoms with Gasteiger partial charge >= 0.3 is 0 Å². The van der Waals surface area contributed by atoms with Gasteiger partial charge in [0.1, 0.15) is 5.69 Å². The lowest BCUT2D eigenvalue weighted by molar-refractivity contribution is -0.120. The molecule has 0 saturated heterocycles. The highest BCUT2D eigenvalue weighted by atomic mass is 16.5. The normalized spacial score (nSPS) is 12.1. The fourth-order valence-corrected chi connectivity index (χ4v) is 2.70. The zero-order chi connectivity index (χ0) is 21.7. The molecule has 10 nitrogen and oxygen atoms in total. The predicted octanol–water partition coefficient (Wildman–Crippen LogP) is 1.43. The molecule has 1 unspecified atom stereocenters. The van der Waals surface area contributed by atoms with E-state index in [1.165, 1.54) is 0 Å². The molecular weight excluding hydrogens is 386 g/mol. The number of carbonyl (C=O) groups is 1. The number of carbonyl (C=O) groups excluding carboxylic acids is 1. The van der Waals surface area contributed by atoms with Crippen LogP contribution in [0.15, 0.2) is 34.9 Å². The largest absolute Gasteiger partial charge is 0.387 e. The van der Waals surface area contributed by atoms with Gasteiger partial charge in [0.2, 0.25) is 17.7 Å². The van der Waals surface area contributed by atoms with Crippen LogP contribution in [-0.4, -0.2) is 50.3 Å². The number of aliphatic hydroxyl groups is 1. The number of rotatable bonds is 8. The molecule has 1 amide bonds. The number of aryl methyl sites for hydroxylation is 1. The van der Waals surface area contributed by atoms with E-state index >= 15 is 0 Å². The Kier molecular flexibility index (Phi) is 6.70. The number of benzene rings is 1. The van der Waals surface area contributed by atoms with E-state index in [1.54, 1.807) is 30.3 Å². The Morgan fingerprint density at radius 3 is 2.60 bits per heavy atom. The van der Waals surface area contributed by atoms with Crippen LogP contribution in [0.3, 0.4) is 0 Å². The van der Waals surface area contributed by atoms with Gasteiger partial charge in [-0.05, 0) is 32.4 Å². The Morgan fingerprint density at radius 2 is 1.93 bits per heavy atom. The van der Waals surface area contributed by atoms with Crippen LogP contribution in [0.5, 0.6) is 0 Å². The second-order valence-corrected chi connectivity index (χ2v) is 7.09. The van der Waals surface area contributed by atoms with Gasteiger partial charge in [-0.1, -0.05) is 29.4 Å². The molecule has 1 aromatic carbocycles. The minimum absolute atomic E-state index is 0.0849. The number of hydrogen-bond acceptors (Lipinski definition) is 9. The summed E-state index contributed by atoms with van der Waals surface area (Å²) >= 11 is 0. The molecular formula is C20H25N7O3. The van der Waals surface area contributed by atoms with Gasteiger partial charge in [0.15, 0.2) is 0 Å². The third kappa shape index (κ3) is 5.37. The molecule has 0 saturated carbocycles. The average Bonchev–Trinajstić information content (AvgIpc) is 3.21. The highest BCUT2D eigenvalue weighted by molar-refractivity contribution is 5.77. The molecule has 5 N–H and O–H groups in total. The number of amides is 1. The molecule has 158 valence electrons. The van der Waals surface area contributed by atoms with Gasteiger partial charge in [-0.2, -0.15) is 4.98 Å². The maximum absolute atomic E-state index is 11.2. The van der Waals surface area contributed by atoms with E-state index in [0.717, 1.165) is 11.3 Å². The van der Waals surface area contributed by atoms with Crippen molar-refractivity contribution in [3.05, 3.63) is 41.6 Å². The second kappa shape index (κ2) is 9.42. The summed E-state index contributed by atoms with van der Waals surface area (Å²) in [6.45, 7) is 5.84. The van der Waals surface area contributed by atoms with Gasteiger partial charge in [0, 0.05) is 23.8 Å². The molecule has 0 aliphatic rings. The zero-order valence-electron chi connectivity index (χ0n) is 17.1. The van der Waals surface area contributed by atoms with E-state index in [2.05, 4.69) is 30.7 Å². The lowest BCUT2D eigenvalue weighted by atomic mass is 10.1. The zero-order valence-corrected chi connectivity index (χ0v) is 17.1. The molecule has 30 heavy (non-hydrogen) atoms. The minimum Gasteiger partial charge on any atom is -0.387 e. The molecule has 0 aliphatic carbocycles. The number of nitrogens with zero attached hydrogens (tertiary/aromatic N) is 4. The standard InChI is InChI=1S/C20H25N7O3/c1-11(2)23-20-24-12(3)8-15(25-20)19-26-18(27-30-19)14-6-4-13(5-7-14)16(28)10-22-17(29)9-21/h4-8,11,16,28H,9-10,21H2,1-3H3,(H,22,29)(H,23,24,25). The van der Waals surface area contributed by atoms with E-state index in [4.69, 9.17) is 10.3 Å². The maximum atomic E-state index is 11.2. The Labute approximate surface area is 173 Å². The molecule has 2 aromatic heterocycles. The third-order valence-electron chi connectivity index (χ3n) is 4.15. The smallest absolute Gasteiger partial charge is 0.277 e. The van der Waals surface area contributed by atoms with Crippen molar-refractivity contribution in [2.24, 2.45) is 5.73 Å². The third-order valence-corrected chi connectivity index (χ3v) is 4.15. The molecule has 0 bridgehead atoms. The SMILES string of the molecule is Cc1cc(-c2nc(-c3ccc(C(O)CNC(=O)CN)cc3)no2)nc(NC(C)C)n1. The molecule has 1 atom stereocenters. The van der Waals surface area contributed by atoms with Crippen LogP contribution in [0.2, 0.25) is 0 Å². The second-order valence-electron chi connectivity index (χ2n) is 7.09. The van der Waals surface area contributed by atoms with Crippen molar-refractivity contribution in [2.75, 3.05) is 18.4 Å². The van der Waals surface area contributed by atoms with Gasteiger partial charge < -0.3 is 26.0 Å². The highest BCUT2D eigenvalue weighted by Crippen LogP contribution is 2.24. The summed E-state index contributed by atoms with van der Waals surface area (Å²) in [4.78, 5) is 24.4. The fraction of sp³-hybridized carbons (Fsp3) is 0.350. The van der Waals surface area contributed by atoms with Crippen LogP contribution in [0.4, 0.5) is 5.95 Å². The number of hydrogen-bond donors (Lipinski definition) is 4. The molecule has 0 spiro atoms. The van der Waals surface area contributed by atoms with Crippen LogP contribution in [0, 0.1) is 6.92 Å². The van der Waals surface area contributed by atoms with Gasteiger partial charge in [-0.3, -0.25) is 4.79 Å². The number of aromatic nitrogens is 4. The van der Waals surface area contributed by atoms with Gasteiger partial charge in [0.25, 0.3) is 5.89 Å². The first-order valence-corrected chi connectivity index (χ1v) is 9.57. The van der Waals surface area contributed by atoms with E-state index < -0.39 is 6.10 Å². The van der Waals surface area contributed by atoms with Crippen molar-refractivity contribution < 1.29 is 14.4 Å². The molecule has 0 aliphatic heterocycles. The number of nitrogens with one attached hydrogen (secondary N) is 2. The number of anilines is 1. The number of aliphatic hydroxyl groups excluding tert-OH is 1. The van der Waals surface area contributed by atoms with Crippen molar-refractivity contribution in [1.29, 1.82) is 0 Å². The van der Waals surface area contributed by atoms with Gasteiger partial charge in [-0.15, -0.1) is 0 Å². The summed E-state index contributed by atoms with van der Waals surface area (Å²) in [7, 11) is 0. The molecule has 0 radical (unpaired) electrons.